The Bertz CT molecular complexity index is 838. The average molecular weight is 360 g/mol. The van der Waals surface area contributed by atoms with Crippen molar-refractivity contribution in [3.05, 3.63) is 54.1 Å². The number of hydrogen-bond donors (Lipinski definition) is 1. The molecule has 1 fully saturated rings. The number of anilines is 1. The van der Waals surface area contributed by atoms with Crippen LogP contribution in [0.1, 0.15) is 22.5 Å². The van der Waals surface area contributed by atoms with Gasteiger partial charge in [-0.3, -0.25) is 9.78 Å². The van der Waals surface area contributed by atoms with Gasteiger partial charge in [0.05, 0.1) is 23.4 Å². The second-order valence-corrected chi connectivity index (χ2v) is 8.34. The van der Waals surface area contributed by atoms with Gasteiger partial charge < -0.3 is 10.2 Å². The fraction of sp³-hybridized carbons (Fsp3) is 0.353. The molecular weight excluding hydrogens is 340 g/mol. The Morgan fingerprint density at radius 3 is 2.76 bits per heavy atom. The van der Waals surface area contributed by atoms with Crippen molar-refractivity contribution in [1.82, 2.24) is 15.3 Å². The molecule has 0 radical (unpaired) electrons. The van der Waals surface area contributed by atoms with Crippen LogP contribution in [0.25, 0.3) is 0 Å². The van der Waals surface area contributed by atoms with E-state index in [2.05, 4.69) is 15.3 Å². The molecule has 3 rings (SSSR count). The van der Waals surface area contributed by atoms with E-state index in [0.717, 1.165) is 11.3 Å². The van der Waals surface area contributed by atoms with Crippen molar-refractivity contribution in [2.75, 3.05) is 23.5 Å². The van der Waals surface area contributed by atoms with Gasteiger partial charge in [0, 0.05) is 32.0 Å². The van der Waals surface area contributed by atoms with Crippen LogP contribution >= 0.6 is 0 Å². The molecule has 0 saturated carbocycles. The number of rotatable bonds is 5. The zero-order chi connectivity index (χ0) is 17.9. The van der Waals surface area contributed by atoms with Gasteiger partial charge in [0.15, 0.2) is 9.84 Å². The Balaban J connectivity index is 1.60. The fourth-order valence-electron chi connectivity index (χ4n) is 2.80. The van der Waals surface area contributed by atoms with Crippen LogP contribution in [0.4, 0.5) is 5.69 Å². The lowest BCUT2D eigenvalue weighted by atomic mass is 10.2. The zero-order valence-electron chi connectivity index (χ0n) is 13.9. The maximum atomic E-state index is 12.2. The molecule has 8 heteroatoms. The number of nitrogens with zero attached hydrogens (tertiary/aromatic N) is 3. The number of hydrogen-bond acceptors (Lipinski definition) is 6. The highest BCUT2D eigenvalue weighted by Crippen LogP contribution is 2.22. The SMILES string of the molecule is CN(c1ccc(C(=O)NCc2cccnc2)nc1)C1CCS(=O)(=O)C1. The number of carbonyl (C=O) groups is 1. The van der Waals surface area contributed by atoms with Gasteiger partial charge in [-0.2, -0.15) is 0 Å². The molecule has 0 aliphatic carbocycles. The summed E-state index contributed by atoms with van der Waals surface area (Å²) in [5, 5.41) is 2.80. The van der Waals surface area contributed by atoms with Gasteiger partial charge in [0.1, 0.15) is 5.69 Å². The molecule has 1 N–H and O–H groups in total. The van der Waals surface area contributed by atoms with E-state index in [-0.39, 0.29) is 23.5 Å². The van der Waals surface area contributed by atoms with Crippen molar-refractivity contribution in [3.63, 3.8) is 0 Å². The minimum Gasteiger partial charge on any atom is -0.369 e. The molecule has 0 aromatic carbocycles. The van der Waals surface area contributed by atoms with E-state index in [1.807, 2.05) is 24.1 Å². The average Bonchev–Trinajstić information content (AvgIpc) is 3.00. The van der Waals surface area contributed by atoms with Crippen LogP contribution < -0.4 is 10.2 Å². The van der Waals surface area contributed by atoms with E-state index in [0.29, 0.717) is 18.7 Å². The Morgan fingerprint density at radius 2 is 2.16 bits per heavy atom. The number of aromatic nitrogens is 2. The minimum atomic E-state index is -2.94. The number of nitrogens with one attached hydrogen (secondary N) is 1. The van der Waals surface area contributed by atoms with E-state index < -0.39 is 9.84 Å². The molecule has 0 bridgehead atoms. The zero-order valence-corrected chi connectivity index (χ0v) is 14.7. The van der Waals surface area contributed by atoms with Crippen molar-refractivity contribution in [2.24, 2.45) is 0 Å². The minimum absolute atomic E-state index is 0.0444. The third-order valence-corrected chi connectivity index (χ3v) is 6.07. The molecular formula is C17H20N4O3S. The Kier molecular flexibility index (Phi) is 4.98. The summed E-state index contributed by atoms with van der Waals surface area (Å²) in [6.45, 7) is 0.385. The molecule has 1 amide bonds. The Labute approximate surface area is 147 Å². The maximum Gasteiger partial charge on any atom is 0.270 e. The van der Waals surface area contributed by atoms with E-state index in [4.69, 9.17) is 0 Å². The predicted molar refractivity (Wildman–Crippen MR) is 95.1 cm³/mol. The largest absolute Gasteiger partial charge is 0.369 e. The number of pyridine rings is 2. The summed E-state index contributed by atoms with van der Waals surface area (Å²) in [4.78, 5) is 22.3. The summed E-state index contributed by atoms with van der Waals surface area (Å²) < 4.78 is 23.2. The first-order valence-corrected chi connectivity index (χ1v) is 9.83. The topological polar surface area (TPSA) is 92.3 Å². The van der Waals surface area contributed by atoms with Gasteiger partial charge in [-0.25, -0.2) is 13.4 Å². The predicted octanol–water partition coefficient (Wildman–Crippen LogP) is 1.03. The monoisotopic (exact) mass is 360 g/mol. The van der Waals surface area contributed by atoms with Crippen LogP contribution in [0.3, 0.4) is 0 Å². The van der Waals surface area contributed by atoms with Crippen molar-refractivity contribution >= 4 is 21.4 Å². The third kappa shape index (κ3) is 4.33. The van der Waals surface area contributed by atoms with Crippen molar-refractivity contribution < 1.29 is 13.2 Å². The van der Waals surface area contributed by atoms with Gasteiger partial charge in [0.25, 0.3) is 5.91 Å². The normalized spacial score (nSPS) is 18.7. The molecule has 3 heterocycles. The first-order valence-electron chi connectivity index (χ1n) is 8.01. The molecule has 132 valence electrons. The number of carbonyl (C=O) groups excluding carboxylic acids is 1. The summed E-state index contributed by atoms with van der Waals surface area (Å²) in [7, 11) is -1.08. The van der Waals surface area contributed by atoms with E-state index in [1.54, 1.807) is 30.7 Å². The van der Waals surface area contributed by atoms with Gasteiger partial charge in [-0.05, 0) is 30.2 Å². The molecule has 1 saturated heterocycles. The van der Waals surface area contributed by atoms with Crippen molar-refractivity contribution in [1.29, 1.82) is 0 Å². The van der Waals surface area contributed by atoms with Crippen molar-refractivity contribution in [2.45, 2.75) is 19.0 Å². The molecule has 1 atom stereocenters. The highest BCUT2D eigenvalue weighted by Gasteiger charge is 2.30. The molecule has 7 nitrogen and oxygen atoms in total. The third-order valence-electron chi connectivity index (χ3n) is 4.32. The lowest BCUT2D eigenvalue weighted by Gasteiger charge is -2.25. The lowest BCUT2D eigenvalue weighted by Crippen LogP contribution is -2.32. The highest BCUT2D eigenvalue weighted by atomic mass is 32.2. The van der Waals surface area contributed by atoms with Gasteiger partial charge in [0.2, 0.25) is 0 Å². The molecule has 2 aromatic rings. The van der Waals surface area contributed by atoms with Gasteiger partial charge in [-0.15, -0.1) is 0 Å². The second-order valence-electron chi connectivity index (χ2n) is 6.11. The quantitative estimate of drug-likeness (QED) is 0.856. The molecule has 1 unspecified atom stereocenters. The first kappa shape index (κ1) is 17.3. The number of amides is 1. The summed E-state index contributed by atoms with van der Waals surface area (Å²) in [5.74, 6) is 0.127. The molecule has 0 spiro atoms. The van der Waals surface area contributed by atoms with E-state index in [9.17, 15) is 13.2 Å². The van der Waals surface area contributed by atoms with Crippen LogP contribution in [0.5, 0.6) is 0 Å². The summed E-state index contributed by atoms with van der Waals surface area (Å²) in [6, 6.07) is 7.09. The second kappa shape index (κ2) is 7.18. The smallest absolute Gasteiger partial charge is 0.270 e. The fourth-order valence-corrected chi connectivity index (χ4v) is 4.57. The van der Waals surface area contributed by atoms with Gasteiger partial charge >= 0.3 is 0 Å². The molecule has 2 aromatic heterocycles. The molecule has 1 aliphatic rings. The lowest BCUT2D eigenvalue weighted by molar-refractivity contribution is 0.0946. The van der Waals surface area contributed by atoms with Crippen LogP contribution in [-0.4, -0.2) is 48.9 Å². The molecule has 25 heavy (non-hydrogen) atoms. The van der Waals surface area contributed by atoms with Crippen LogP contribution in [-0.2, 0) is 16.4 Å². The van der Waals surface area contributed by atoms with E-state index >= 15 is 0 Å². The summed E-state index contributed by atoms with van der Waals surface area (Å²) in [6.07, 6.45) is 5.59. The Hall–Kier alpha value is -2.48. The Morgan fingerprint density at radius 1 is 1.32 bits per heavy atom. The molecule has 1 aliphatic heterocycles. The number of sulfone groups is 1. The van der Waals surface area contributed by atoms with Crippen LogP contribution in [0.2, 0.25) is 0 Å². The first-order chi connectivity index (χ1) is 11.9. The van der Waals surface area contributed by atoms with Gasteiger partial charge in [-0.1, -0.05) is 6.07 Å². The summed E-state index contributed by atoms with van der Waals surface area (Å²) in [5.41, 5.74) is 2.03. The standard InChI is InChI=1S/C17H20N4O3S/c1-21(15-6-8-25(23,24)12-15)14-4-5-16(19-11-14)17(22)20-10-13-3-2-7-18-9-13/h2-5,7,9,11,15H,6,8,10,12H2,1H3,(H,20,22). The van der Waals surface area contributed by atoms with Crippen LogP contribution in [0.15, 0.2) is 42.9 Å². The van der Waals surface area contributed by atoms with Crippen molar-refractivity contribution in [3.8, 4) is 0 Å². The van der Waals surface area contributed by atoms with E-state index in [1.165, 1.54) is 0 Å². The highest BCUT2D eigenvalue weighted by molar-refractivity contribution is 7.91. The maximum absolute atomic E-state index is 12.2. The van der Waals surface area contributed by atoms with Crippen LogP contribution in [0, 0.1) is 0 Å². The summed E-state index contributed by atoms with van der Waals surface area (Å²) >= 11 is 0.